The smallest absolute Gasteiger partial charge is 0.303 e. The van der Waals surface area contributed by atoms with Crippen LogP contribution >= 0.6 is 11.3 Å². The third kappa shape index (κ3) is 2.74. The number of benzene rings is 1. The van der Waals surface area contributed by atoms with Crippen LogP contribution in [0.1, 0.15) is 25.5 Å². The fourth-order valence-electron chi connectivity index (χ4n) is 1.84. The van der Waals surface area contributed by atoms with E-state index >= 15 is 0 Å². The molecule has 1 aromatic carbocycles. The summed E-state index contributed by atoms with van der Waals surface area (Å²) in [4.78, 5) is 11.0. The number of hydrogen-bond acceptors (Lipinski definition) is 3. The van der Waals surface area contributed by atoms with Gasteiger partial charge in [-0.05, 0) is 34.9 Å². The minimum Gasteiger partial charge on any atom is -0.458 e. The van der Waals surface area contributed by atoms with E-state index in [9.17, 15) is 4.79 Å². The van der Waals surface area contributed by atoms with Gasteiger partial charge in [-0.15, -0.1) is 0 Å². The molecule has 0 saturated heterocycles. The van der Waals surface area contributed by atoms with E-state index in [1.807, 2.05) is 30.5 Å². The molecule has 0 aliphatic carbocycles. The Morgan fingerprint density at radius 3 is 2.71 bits per heavy atom. The third-order valence-corrected chi connectivity index (χ3v) is 3.26. The third-order valence-electron chi connectivity index (χ3n) is 2.57. The summed E-state index contributed by atoms with van der Waals surface area (Å²) in [6.07, 6.45) is -0.219. The number of thiophene rings is 1. The Kier molecular flexibility index (Phi) is 3.59. The van der Waals surface area contributed by atoms with Gasteiger partial charge in [0.1, 0.15) is 6.10 Å². The second-order valence-electron chi connectivity index (χ2n) is 3.85. The second-order valence-corrected chi connectivity index (χ2v) is 4.63. The Labute approximate surface area is 105 Å². The molecule has 0 N–H and O–H groups in total. The number of rotatable bonds is 3. The molecule has 0 aliphatic rings. The minimum atomic E-state index is -0.252. The maximum Gasteiger partial charge on any atom is 0.303 e. The Morgan fingerprint density at radius 1 is 1.29 bits per heavy atom. The van der Waals surface area contributed by atoms with Crippen LogP contribution in [0.5, 0.6) is 0 Å². The number of hydrogen-bond donors (Lipinski definition) is 0. The predicted molar refractivity (Wildman–Crippen MR) is 69.9 cm³/mol. The van der Waals surface area contributed by atoms with Gasteiger partial charge in [0.2, 0.25) is 0 Å². The average Bonchev–Trinajstić information content (AvgIpc) is 2.81. The van der Waals surface area contributed by atoms with Crippen molar-refractivity contribution < 1.29 is 9.53 Å². The van der Waals surface area contributed by atoms with Crippen molar-refractivity contribution in [2.24, 2.45) is 0 Å². The Hall–Kier alpha value is -1.61. The first-order valence-corrected chi connectivity index (χ1v) is 6.41. The molecular weight excluding hydrogens is 232 g/mol. The highest BCUT2D eigenvalue weighted by atomic mass is 32.1. The van der Waals surface area contributed by atoms with Gasteiger partial charge in [-0.3, -0.25) is 4.79 Å². The Balaban J connectivity index is 2.37. The van der Waals surface area contributed by atoms with Crippen LogP contribution in [0.2, 0.25) is 0 Å². The number of carbonyl (C=O) groups excluding carboxylic acids is 1. The van der Waals surface area contributed by atoms with E-state index in [2.05, 4.69) is 17.5 Å². The first-order valence-electron chi connectivity index (χ1n) is 5.47. The van der Waals surface area contributed by atoms with Crippen LogP contribution in [-0.2, 0) is 9.53 Å². The van der Waals surface area contributed by atoms with Crippen molar-refractivity contribution in [3.63, 3.8) is 0 Å². The summed E-state index contributed by atoms with van der Waals surface area (Å²) < 4.78 is 5.24. The van der Waals surface area contributed by atoms with Gasteiger partial charge in [0.05, 0.1) is 0 Å². The molecule has 2 nitrogen and oxygen atoms in total. The van der Waals surface area contributed by atoms with Crippen molar-refractivity contribution in [3.05, 3.63) is 46.7 Å². The number of esters is 1. The summed E-state index contributed by atoms with van der Waals surface area (Å²) in [6, 6.07) is 10.1. The molecule has 88 valence electrons. The molecule has 2 aromatic rings. The second kappa shape index (κ2) is 5.15. The summed E-state index contributed by atoms with van der Waals surface area (Å²) in [5.74, 6) is -0.252. The lowest BCUT2D eigenvalue weighted by molar-refractivity contribution is -0.145. The van der Waals surface area contributed by atoms with E-state index in [1.165, 1.54) is 12.5 Å². The van der Waals surface area contributed by atoms with Gasteiger partial charge in [-0.2, -0.15) is 11.3 Å². The van der Waals surface area contributed by atoms with Gasteiger partial charge in [0.15, 0.2) is 0 Å². The Bertz CT molecular complexity index is 503. The maximum absolute atomic E-state index is 11.0. The molecule has 0 amide bonds. The van der Waals surface area contributed by atoms with Gasteiger partial charge < -0.3 is 4.74 Å². The van der Waals surface area contributed by atoms with Crippen LogP contribution in [-0.4, -0.2) is 5.97 Å². The molecule has 0 radical (unpaired) electrons. The van der Waals surface area contributed by atoms with Gasteiger partial charge in [0.25, 0.3) is 0 Å². The lowest BCUT2D eigenvalue weighted by Gasteiger charge is -2.15. The fourth-order valence-corrected chi connectivity index (χ4v) is 2.50. The highest BCUT2D eigenvalue weighted by Gasteiger charge is 2.13. The highest BCUT2D eigenvalue weighted by molar-refractivity contribution is 7.08. The van der Waals surface area contributed by atoms with E-state index in [1.54, 1.807) is 11.3 Å². The molecule has 1 atom stereocenters. The van der Waals surface area contributed by atoms with E-state index in [4.69, 9.17) is 4.74 Å². The zero-order chi connectivity index (χ0) is 12.3. The van der Waals surface area contributed by atoms with Crippen LogP contribution in [0.3, 0.4) is 0 Å². The first-order chi connectivity index (χ1) is 8.18. The van der Waals surface area contributed by atoms with Crippen molar-refractivity contribution in [1.29, 1.82) is 0 Å². The maximum atomic E-state index is 11.0. The molecule has 1 aromatic heterocycles. The van der Waals surface area contributed by atoms with E-state index in [-0.39, 0.29) is 12.1 Å². The molecule has 0 saturated carbocycles. The number of ether oxygens (including phenoxy) is 1. The molecule has 0 fully saturated rings. The van der Waals surface area contributed by atoms with Crippen molar-refractivity contribution >= 4 is 17.3 Å². The highest BCUT2D eigenvalue weighted by Crippen LogP contribution is 2.31. The molecule has 17 heavy (non-hydrogen) atoms. The molecule has 3 heteroatoms. The Morgan fingerprint density at radius 2 is 2.06 bits per heavy atom. The largest absolute Gasteiger partial charge is 0.458 e. The summed E-state index contributed by atoms with van der Waals surface area (Å²) >= 11 is 1.66. The predicted octanol–water partition coefficient (Wildman–Crippen LogP) is 4.04. The fraction of sp³-hybridized carbons (Fsp3) is 0.214. The molecular formula is C14H14O2S. The van der Waals surface area contributed by atoms with Crippen LogP contribution in [0.25, 0.3) is 11.1 Å². The molecule has 2 rings (SSSR count). The zero-order valence-electron chi connectivity index (χ0n) is 9.84. The van der Waals surface area contributed by atoms with Crippen molar-refractivity contribution in [2.75, 3.05) is 0 Å². The minimum absolute atomic E-state index is 0.219. The summed E-state index contributed by atoms with van der Waals surface area (Å²) in [5, 5.41) is 4.14. The van der Waals surface area contributed by atoms with E-state index in [0.29, 0.717) is 0 Å². The monoisotopic (exact) mass is 246 g/mol. The standard InChI is InChI=1S/C14H14O2S/c1-10(16-11(2)15)13-5-3-4-6-14(13)12-7-8-17-9-12/h3-10H,1-2H3. The molecule has 1 heterocycles. The van der Waals surface area contributed by atoms with Crippen molar-refractivity contribution in [3.8, 4) is 11.1 Å². The van der Waals surface area contributed by atoms with E-state index < -0.39 is 0 Å². The van der Waals surface area contributed by atoms with Crippen molar-refractivity contribution in [2.45, 2.75) is 20.0 Å². The van der Waals surface area contributed by atoms with Gasteiger partial charge in [0, 0.05) is 12.5 Å². The topological polar surface area (TPSA) is 26.3 Å². The van der Waals surface area contributed by atoms with Crippen LogP contribution in [0.4, 0.5) is 0 Å². The lowest BCUT2D eigenvalue weighted by atomic mass is 9.99. The normalized spacial score (nSPS) is 12.1. The summed E-state index contributed by atoms with van der Waals surface area (Å²) in [5.41, 5.74) is 3.34. The van der Waals surface area contributed by atoms with Crippen LogP contribution in [0, 0.1) is 0 Å². The zero-order valence-corrected chi connectivity index (χ0v) is 10.7. The van der Waals surface area contributed by atoms with Crippen LogP contribution in [0.15, 0.2) is 41.1 Å². The van der Waals surface area contributed by atoms with Gasteiger partial charge in [-0.1, -0.05) is 24.3 Å². The molecule has 0 aliphatic heterocycles. The molecule has 0 spiro atoms. The quantitative estimate of drug-likeness (QED) is 0.764. The first kappa shape index (κ1) is 11.9. The summed E-state index contributed by atoms with van der Waals surface area (Å²) in [6.45, 7) is 3.33. The average molecular weight is 246 g/mol. The van der Waals surface area contributed by atoms with E-state index in [0.717, 1.165) is 11.1 Å². The SMILES string of the molecule is CC(=O)OC(C)c1ccccc1-c1ccsc1. The van der Waals surface area contributed by atoms with Crippen LogP contribution < -0.4 is 0 Å². The number of carbonyl (C=O) groups is 1. The molecule has 0 bridgehead atoms. The lowest BCUT2D eigenvalue weighted by Crippen LogP contribution is -2.05. The van der Waals surface area contributed by atoms with Gasteiger partial charge >= 0.3 is 5.97 Å². The molecule has 1 unspecified atom stereocenters. The van der Waals surface area contributed by atoms with Gasteiger partial charge in [-0.25, -0.2) is 0 Å². The van der Waals surface area contributed by atoms with Crippen molar-refractivity contribution in [1.82, 2.24) is 0 Å². The summed E-state index contributed by atoms with van der Waals surface area (Å²) in [7, 11) is 0.